The molecule has 1 amide bonds. The van der Waals surface area contributed by atoms with E-state index >= 15 is 0 Å². The summed E-state index contributed by atoms with van der Waals surface area (Å²) in [5.74, 6) is 1.70. The summed E-state index contributed by atoms with van der Waals surface area (Å²) in [6.07, 6.45) is 2.70. The number of anilines is 1. The second-order valence-corrected chi connectivity index (χ2v) is 11.4. The first-order chi connectivity index (χ1) is 19.1. The van der Waals surface area contributed by atoms with Gasteiger partial charge >= 0.3 is 0 Å². The average Bonchev–Trinajstić information content (AvgIpc) is 2.98. The van der Waals surface area contributed by atoms with E-state index in [0.717, 1.165) is 101 Å². The van der Waals surface area contributed by atoms with Crippen LogP contribution in [0.25, 0.3) is 0 Å². The van der Waals surface area contributed by atoms with Crippen molar-refractivity contribution < 1.29 is 14.3 Å². The number of rotatable bonds is 9. The Kier molecular flexibility index (Phi) is 10.0. The van der Waals surface area contributed by atoms with Crippen LogP contribution in [0.5, 0.6) is 5.75 Å². The molecule has 0 bridgehead atoms. The van der Waals surface area contributed by atoms with E-state index in [1.54, 1.807) is 0 Å². The summed E-state index contributed by atoms with van der Waals surface area (Å²) >= 11 is 6.10. The highest BCUT2D eigenvalue weighted by Gasteiger charge is 2.34. The van der Waals surface area contributed by atoms with Gasteiger partial charge in [0.2, 0.25) is 5.91 Å². The van der Waals surface area contributed by atoms with Crippen LogP contribution in [0.2, 0.25) is 5.02 Å². The van der Waals surface area contributed by atoms with E-state index in [-0.39, 0.29) is 0 Å². The number of piperazine rings is 1. The molecule has 3 aliphatic rings. The van der Waals surface area contributed by atoms with Gasteiger partial charge in [0.1, 0.15) is 5.75 Å². The predicted molar refractivity (Wildman–Crippen MR) is 157 cm³/mol. The normalized spacial score (nSPS) is 23.1. The number of piperidine rings is 1. The van der Waals surface area contributed by atoms with E-state index in [1.807, 2.05) is 31.2 Å². The molecule has 212 valence electrons. The third-order valence-electron chi connectivity index (χ3n) is 8.48. The minimum absolute atomic E-state index is 0.295. The summed E-state index contributed by atoms with van der Waals surface area (Å²) < 4.78 is 11.5. The first-order valence-corrected chi connectivity index (χ1v) is 15.0. The van der Waals surface area contributed by atoms with E-state index in [0.29, 0.717) is 30.9 Å². The van der Waals surface area contributed by atoms with E-state index in [9.17, 15) is 4.79 Å². The lowest BCUT2D eigenvalue weighted by Crippen LogP contribution is -2.54. The molecule has 3 saturated heterocycles. The average molecular weight is 555 g/mol. The molecule has 8 heteroatoms. The quantitative estimate of drug-likeness (QED) is 0.458. The van der Waals surface area contributed by atoms with Crippen LogP contribution in [0.4, 0.5) is 5.69 Å². The number of nitrogens with zero attached hydrogens (tertiary/aromatic N) is 4. The summed E-state index contributed by atoms with van der Waals surface area (Å²) in [7, 11) is 0. The van der Waals surface area contributed by atoms with Gasteiger partial charge in [-0.25, -0.2) is 0 Å². The number of amides is 1. The maximum absolute atomic E-state index is 13.4. The number of hydrogen-bond acceptors (Lipinski definition) is 6. The molecule has 3 heterocycles. The van der Waals surface area contributed by atoms with Gasteiger partial charge in [-0.05, 0) is 62.1 Å². The molecule has 0 unspecified atom stereocenters. The number of halogens is 1. The minimum atomic E-state index is 0.295. The van der Waals surface area contributed by atoms with Gasteiger partial charge in [0.25, 0.3) is 0 Å². The largest absolute Gasteiger partial charge is 0.492 e. The zero-order chi connectivity index (χ0) is 27.0. The molecule has 7 nitrogen and oxygen atoms in total. The van der Waals surface area contributed by atoms with E-state index < -0.39 is 0 Å². The maximum Gasteiger partial charge on any atom is 0.222 e. The van der Waals surface area contributed by atoms with Crippen LogP contribution < -0.4 is 9.64 Å². The third-order valence-corrected chi connectivity index (χ3v) is 8.73. The lowest BCUT2D eigenvalue weighted by molar-refractivity contribution is -0.132. The molecule has 2 aromatic rings. The maximum atomic E-state index is 13.4. The number of carbonyl (C=O) groups is 1. The monoisotopic (exact) mass is 554 g/mol. The van der Waals surface area contributed by atoms with Crippen molar-refractivity contribution in [3.05, 3.63) is 59.1 Å². The Morgan fingerprint density at radius 2 is 1.72 bits per heavy atom. The van der Waals surface area contributed by atoms with Gasteiger partial charge < -0.3 is 19.3 Å². The number of benzene rings is 2. The number of ether oxygens (including phenoxy) is 2. The van der Waals surface area contributed by atoms with E-state index in [2.05, 4.69) is 43.9 Å². The Morgan fingerprint density at radius 3 is 2.46 bits per heavy atom. The van der Waals surface area contributed by atoms with Gasteiger partial charge in [0.15, 0.2) is 0 Å². The number of hydrogen-bond donors (Lipinski definition) is 0. The Morgan fingerprint density at radius 1 is 0.974 bits per heavy atom. The van der Waals surface area contributed by atoms with Gasteiger partial charge in [-0.1, -0.05) is 35.9 Å². The van der Waals surface area contributed by atoms with Crippen molar-refractivity contribution in [2.24, 2.45) is 5.92 Å². The van der Waals surface area contributed by atoms with Crippen molar-refractivity contribution in [3.8, 4) is 5.75 Å². The lowest BCUT2D eigenvalue weighted by atomic mass is 9.86. The van der Waals surface area contributed by atoms with Crippen molar-refractivity contribution in [2.45, 2.75) is 38.8 Å². The van der Waals surface area contributed by atoms with Crippen LogP contribution in [0, 0.1) is 5.92 Å². The summed E-state index contributed by atoms with van der Waals surface area (Å²) in [5.41, 5.74) is 2.42. The van der Waals surface area contributed by atoms with Crippen LogP contribution >= 0.6 is 11.6 Å². The fraction of sp³-hybridized carbons (Fsp3) is 0.581. The first-order valence-electron chi connectivity index (χ1n) is 14.6. The van der Waals surface area contributed by atoms with Crippen molar-refractivity contribution in [3.63, 3.8) is 0 Å². The molecule has 2 aromatic carbocycles. The molecule has 2 atom stereocenters. The molecular formula is C31H43ClN4O3. The Hall–Kier alpha value is -2.32. The number of morpholine rings is 1. The SMILES string of the molecule is CCOc1ccccc1N1CCN(C(=O)CC[C@H]2CN(Cc3ccc(Cl)cc3)CC[C@H]2N2CCOCC2)CC1. The van der Waals surface area contributed by atoms with Crippen molar-refractivity contribution in [2.75, 3.05) is 77.1 Å². The molecule has 0 aromatic heterocycles. The molecule has 3 fully saturated rings. The second kappa shape index (κ2) is 13.8. The highest BCUT2D eigenvalue weighted by Crippen LogP contribution is 2.30. The first kappa shape index (κ1) is 28.2. The van der Waals surface area contributed by atoms with Crippen molar-refractivity contribution >= 4 is 23.2 Å². The van der Waals surface area contributed by atoms with Gasteiger partial charge in [-0.15, -0.1) is 0 Å². The summed E-state index contributed by atoms with van der Waals surface area (Å²) in [5, 5.41) is 0.778. The van der Waals surface area contributed by atoms with Crippen LogP contribution in [-0.2, 0) is 16.1 Å². The zero-order valence-electron chi connectivity index (χ0n) is 23.3. The molecule has 0 saturated carbocycles. The van der Waals surface area contributed by atoms with Crippen molar-refractivity contribution in [1.82, 2.24) is 14.7 Å². The molecule has 5 rings (SSSR count). The van der Waals surface area contributed by atoms with Gasteiger partial charge in [0.05, 0.1) is 25.5 Å². The number of carbonyl (C=O) groups excluding carboxylic acids is 1. The molecule has 3 aliphatic heterocycles. The van der Waals surface area contributed by atoms with Crippen molar-refractivity contribution in [1.29, 1.82) is 0 Å². The number of likely N-dealkylation sites (tertiary alicyclic amines) is 1. The van der Waals surface area contributed by atoms with Gasteiger partial charge in [-0.2, -0.15) is 0 Å². The third kappa shape index (κ3) is 7.46. The molecule has 39 heavy (non-hydrogen) atoms. The second-order valence-electron chi connectivity index (χ2n) is 10.9. The molecule has 0 radical (unpaired) electrons. The van der Waals surface area contributed by atoms with Crippen LogP contribution in [0.1, 0.15) is 31.7 Å². The fourth-order valence-corrected chi connectivity index (χ4v) is 6.55. The Balaban J connectivity index is 1.16. The molecule has 0 aliphatic carbocycles. The molecule has 0 N–H and O–H groups in total. The van der Waals surface area contributed by atoms with Crippen LogP contribution in [-0.4, -0.2) is 98.8 Å². The Bertz CT molecular complexity index is 1050. The standard InChI is InChI=1S/C31H43ClN4O3/c1-2-39-30-6-4-3-5-29(30)34-15-17-36(18-16-34)31(37)12-9-26-24-33(23-25-7-10-27(32)11-8-25)14-13-28(26)35-19-21-38-22-20-35/h3-8,10-11,26,28H,2,9,12-24H2,1H3/t26-,28+/m0/s1. The smallest absolute Gasteiger partial charge is 0.222 e. The topological polar surface area (TPSA) is 48.5 Å². The fourth-order valence-electron chi connectivity index (χ4n) is 6.42. The molecule has 0 spiro atoms. The van der Waals surface area contributed by atoms with Crippen LogP contribution in [0.15, 0.2) is 48.5 Å². The van der Waals surface area contributed by atoms with Crippen LogP contribution in [0.3, 0.4) is 0 Å². The summed E-state index contributed by atoms with van der Waals surface area (Å²) in [6.45, 7) is 12.5. The highest BCUT2D eigenvalue weighted by atomic mass is 35.5. The van der Waals surface area contributed by atoms with E-state index in [1.165, 1.54) is 5.56 Å². The number of para-hydroxylation sites is 2. The summed E-state index contributed by atoms with van der Waals surface area (Å²) in [4.78, 5) is 23.0. The zero-order valence-corrected chi connectivity index (χ0v) is 24.0. The predicted octanol–water partition coefficient (Wildman–Crippen LogP) is 4.39. The van der Waals surface area contributed by atoms with Gasteiger partial charge in [-0.3, -0.25) is 14.6 Å². The highest BCUT2D eigenvalue weighted by molar-refractivity contribution is 6.30. The Labute approximate surface area is 238 Å². The minimum Gasteiger partial charge on any atom is -0.492 e. The summed E-state index contributed by atoms with van der Waals surface area (Å²) in [6, 6.07) is 16.9. The van der Waals surface area contributed by atoms with E-state index in [4.69, 9.17) is 21.1 Å². The lowest BCUT2D eigenvalue weighted by Gasteiger charge is -2.45. The van der Waals surface area contributed by atoms with Gasteiger partial charge in [0, 0.05) is 69.8 Å². The molecular weight excluding hydrogens is 512 g/mol.